The molecule has 0 aliphatic carbocycles. The van der Waals surface area contributed by atoms with Crippen molar-refractivity contribution in [3.05, 3.63) is 59.0 Å². The molecule has 1 aromatic rings. The first-order valence-corrected chi connectivity index (χ1v) is 10.9. The number of ether oxygens (including phenoxy) is 1. The summed E-state index contributed by atoms with van der Waals surface area (Å²) in [6.45, 7) is 7.66. The van der Waals surface area contributed by atoms with Crippen molar-refractivity contribution < 1.29 is 24.2 Å². The average Bonchev–Trinajstić information content (AvgIpc) is 3.26. The van der Waals surface area contributed by atoms with Crippen LogP contribution in [0.15, 0.2) is 57.6 Å². The normalized spacial score (nSPS) is 19.3. The van der Waals surface area contributed by atoms with Gasteiger partial charge in [0.05, 0.1) is 17.4 Å². The largest absolute Gasteiger partial charge is 0.504 e. The number of esters is 1. The molecule has 166 valence electrons. The predicted octanol–water partition coefficient (Wildman–Crippen LogP) is 6.16. The number of aryl methyl sites for hydroxylation is 1. The number of rotatable bonds is 12. The average molecular weight is 417 g/mol. The minimum absolute atomic E-state index is 0.0425. The number of carbonyl (C=O) groups is 1. The molecule has 2 heterocycles. The summed E-state index contributed by atoms with van der Waals surface area (Å²) >= 11 is 0. The first-order chi connectivity index (χ1) is 14.2. The van der Waals surface area contributed by atoms with Gasteiger partial charge in [-0.1, -0.05) is 18.6 Å². The van der Waals surface area contributed by atoms with E-state index in [4.69, 9.17) is 9.15 Å². The van der Waals surface area contributed by atoms with Crippen LogP contribution in [0.1, 0.15) is 78.4 Å². The van der Waals surface area contributed by atoms with Crippen LogP contribution in [0.3, 0.4) is 0 Å². The minimum atomic E-state index is -0.656. The Morgan fingerprint density at radius 3 is 2.70 bits per heavy atom. The fourth-order valence-corrected chi connectivity index (χ4v) is 3.62. The summed E-state index contributed by atoms with van der Waals surface area (Å²) in [6, 6.07) is 3.86. The van der Waals surface area contributed by atoms with Crippen LogP contribution >= 0.6 is 0 Å². The predicted molar refractivity (Wildman–Crippen MR) is 118 cm³/mol. The lowest BCUT2D eigenvalue weighted by molar-refractivity contribution is -0.133. The summed E-state index contributed by atoms with van der Waals surface area (Å²) in [5.41, 5.74) is 0.937. The minimum Gasteiger partial charge on any atom is -0.504 e. The zero-order valence-electron chi connectivity index (χ0n) is 18.7. The van der Waals surface area contributed by atoms with Gasteiger partial charge in [-0.3, -0.25) is 0 Å². The number of hydrogen-bond donors (Lipinski definition) is 2. The Bertz CT molecular complexity index is 780. The van der Waals surface area contributed by atoms with E-state index in [9.17, 15) is 15.0 Å². The van der Waals surface area contributed by atoms with Crippen molar-refractivity contribution in [2.45, 2.75) is 84.7 Å². The molecule has 1 unspecified atom stereocenters. The molecule has 0 bridgehead atoms. The van der Waals surface area contributed by atoms with Crippen LogP contribution < -0.4 is 0 Å². The van der Waals surface area contributed by atoms with Gasteiger partial charge >= 0.3 is 5.97 Å². The van der Waals surface area contributed by atoms with Crippen LogP contribution in [0, 0.1) is 5.92 Å². The van der Waals surface area contributed by atoms with Gasteiger partial charge in [0.25, 0.3) is 0 Å². The number of hydrogen-bond acceptors (Lipinski definition) is 5. The lowest BCUT2D eigenvalue weighted by atomic mass is 9.92. The molecule has 2 rings (SSSR count). The van der Waals surface area contributed by atoms with Crippen molar-refractivity contribution in [3.8, 4) is 0 Å². The molecule has 1 aliphatic rings. The Hall–Kier alpha value is -2.27. The Morgan fingerprint density at radius 1 is 1.30 bits per heavy atom. The van der Waals surface area contributed by atoms with Crippen molar-refractivity contribution in [2.24, 2.45) is 5.92 Å². The van der Waals surface area contributed by atoms with Gasteiger partial charge in [-0.05, 0) is 89.8 Å². The Morgan fingerprint density at radius 2 is 2.07 bits per heavy atom. The van der Waals surface area contributed by atoms with E-state index < -0.39 is 11.6 Å². The first kappa shape index (κ1) is 24.0. The van der Waals surface area contributed by atoms with Crippen LogP contribution in [-0.4, -0.2) is 21.8 Å². The third-order valence-electron chi connectivity index (χ3n) is 5.66. The van der Waals surface area contributed by atoms with Crippen LogP contribution in [0.4, 0.5) is 0 Å². The maximum Gasteiger partial charge on any atom is 0.343 e. The summed E-state index contributed by atoms with van der Waals surface area (Å²) in [5.74, 6) is 0.953. The van der Waals surface area contributed by atoms with E-state index >= 15 is 0 Å². The monoisotopic (exact) mass is 416 g/mol. The van der Waals surface area contributed by atoms with E-state index in [0.717, 1.165) is 57.1 Å². The number of cyclic esters (lactones) is 1. The molecule has 0 aromatic carbocycles. The zero-order valence-corrected chi connectivity index (χ0v) is 18.7. The summed E-state index contributed by atoms with van der Waals surface area (Å²) in [6.07, 6.45) is 12.8. The van der Waals surface area contributed by atoms with Crippen molar-refractivity contribution >= 4 is 5.97 Å². The third kappa shape index (κ3) is 7.86. The third-order valence-corrected chi connectivity index (χ3v) is 5.66. The standard InChI is InChI=1S/C25H36O5/c1-18(9-5-10-19(2)17-22-23(26)20(3)24(27)30-22)11-6-14-25(4,28)15-7-12-21-13-8-16-29-21/h8,11,13,16-17,19,26,28H,5-7,9-10,12,14-15H2,1-4H3/b18-11+,22-17-/t19-,25?/m0/s1. The van der Waals surface area contributed by atoms with E-state index in [1.54, 1.807) is 13.2 Å². The molecule has 0 saturated heterocycles. The van der Waals surface area contributed by atoms with E-state index in [1.807, 2.05) is 25.1 Å². The molecule has 2 N–H and O–H groups in total. The number of allylic oxidation sites excluding steroid dienone is 3. The van der Waals surface area contributed by atoms with Crippen molar-refractivity contribution in [1.82, 2.24) is 0 Å². The second-order valence-corrected chi connectivity index (χ2v) is 8.78. The smallest absolute Gasteiger partial charge is 0.343 e. The molecule has 0 saturated carbocycles. The van der Waals surface area contributed by atoms with E-state index in [2.05, 4.69) is 19.9 Å². The molecule has 2 atom stereocenters. The Kier molecular flexibility index (Phi) is 8.97. The summed E-state index contributed by atoms with van der Waals surface area (Å²) in [4.78, 5) is 11.5. The van der Waals surface area contributed by atoms with Crippen molar-refractivity contribution in [1.29, 1.82) is 0 Å². The highest BCUT2D eigenvalue weighted by Crippen LogP contribution is 2.26. The fourth-order valence-electron chi connectivity index (χ4n) is 3.62. The molecule has 0 radical (unpaired) electrons. The van der Waals surface area contributed by atoms with Gasteiger partial charge < -0.3 is 19.4 Å². The van der Waals surface area contributed by atoms with E-state index in [1.165, 1.54) is 5.57 Å². The van der Waals surface area contributed by atoms with Gasteiger partial charge in [0.15, 0.2) is 11.5 Å². The van der Waals surface area contributed by atoms with Crippen LogP contribution in [0.25, 0.3) is 0 Å². The summed E-state index contributed by atoms with van der Waals surface area (Å²) < 4.78 is 10.4. The maximum atomic E-state index is 11.5. The lowest BCUT2D eigenvalue weighted by Gasteiger charge is -2.22. The molecule has 5 nitrogen and oxygen atoms in total. The molecule has 0 amide bonds. The highest BCUT2D eigenvalue weighted by molar-refractivity contribution is 5.93. The van der Waals surface area contributed by atoms with Crippen LogP contribution in [-0.2, 0) is 16.0 Å². The van der Waals surface area contributed by atoms with Gasteiger partial charge in [0, 0.05) is 6.42 Å². The van der Waals surface area contributed by atoms with Gasteiger partial charge in [-0.2, -0.15) is 0 Å². The molecular weight excluding hydrogens is 380 g/mol. The topological polar surface area (TPSA) is 79.9 Å². The van der Waals surface area contributed by atoms with Crippen LogP contribution in [0.5, 0.6) is 0 Å². The molecule has 1 aromatic heterocycles. The molecule has 0 spiro atoms. The molecule has 0 fully saturated rings. The SMILES string of the molecule is CC1=C(O)/C(=C/[C@@H](C)CCC/C(C)=C/CCC(C)(O)CCCc2ccco2)OC1=O. The molecular formula is C25H36O5. The number of carbonyl (C=O) groups excluding carboxylic acids is 1. The maximum absolute atomic E-state index is 11.5. The highest BCUT2D eigenvalue weighted by atomic mass is 16.6. The summed E-state index contributed by atoms with van der Waals surface area (Å²) in [5, 5.41) is 20.5. The highest BCUT2D eigenvalue weighted by Gasteiger charge is 2.26. The van der Waals surface area contributed by atoms with Gasteiger partial charge in [-0.25, -0.2) is 4.79 Å². The molecule has 1 aliphatic heterocycles. The Labute approximate surface area is 180 Å². The van der Waals surface area contributed by atoms with Crippen molar-refractivity contribution in [2.75, 3.05) is 0 Å². The van der Waals surface area contributed by atoms with E-state index in [0.29, 0.717) is 0 Å². The second kappa shape index (κ2) is 11.2. The first-order valence-electron chi connectivity index (χ1n) is 10.9. The van der Waals surface area contributed by atoms with Crippen molar-refractivity contribution in [3.63, 3.8) is 0 Å². The van der Waals surface area contributed by atoms with Gasteiger partial charge in [-0.15, -0.1) is 0 Å². The number of aliphatic hydroxyl groups is 2. The Balaban J connectivity index is 1.64. The molecule has 30 heavy (non-hydrogen) atoms. The second-order valence-electron chi connectivity index (χ2n) is 8.78. The number of furan rings is 1. The quantitative estimate of drug-likeness (QED) is 0.315. The number of aliphatic hydroxyl groups excluding tert-OH is 1. The van der Waals surface area contributed by atoms with Crippen LogP contribution in [0.2, 0.25) is 0 Å². The van der Waals surface area contributed by atoms with Gasteiger partial charge in [0.1, 0.15) is 5.76 Å². The van der Waals surface area contributed by atoms with E-state index in [-0.39, 0.29) is 23.0 Å². The lowest BCUT2D eigenvalue weighted by Crippen LogP contribution is -2.23. The summed E-state index contributed by atoms with van der Waals surface area (Å²) in [7, 11) is 0. The van der Waals surface area contributed by atoms with Gasteiger partial charge in [0.2, 0.25) is 0 Å². The molecule has 5 heteroatoms. The fraction of sp³-hybridized carbons (Fsp3) is 0.560. The zero-order chi connectivity index (χ0) is 22.1.